The predicted molar refractivity (Wildman–Crippen MR) is 36.3 cm³/mol. The van der Waals surface area contributed by atoms with Crippen LogP contribution in [0.25, 0.3) is 0 Å². The summed E-state index contributed by atoms with van der Waals surface area (Å²) in [6, 6.07) is 0.140. The lowest BCUT2D eigenvalue weighted by molar-refractivity contribution is -0.204. The lowest BCUT2D eigenvalue weighted by Crippen LogP contribution is -2.46. The molecule has 0 aliphatic heterocycles. The van der Waals surface area contributed by atoms with E-state index in [0.29, 0.717) is 0 Å². The van der Waals surface area contributed by atoms with Crippen molar-refractivity contribution >= 4 is 0 Å². The Morgan fingerprint density at radius 2 is 1.64 bits per heavy atom. The van der Waals surface area contributed by atoms with Crippen molar-refractivity contribution in [3.8, 4) is 0 Å². The third kappa shape index (κ3) is 1.86. The molecule has 0 unspecified atom stereocenters. The average Bonchev–Trinajstić information content (AvgIpc) is 1.51. The lowest BCUT2D eigenvalue weighted by atomic mass is 9.79. The summed E-state index contributed by atoms with van der Waals surface area (Å²) in [7, 11) is 3.63. The minimum atomic E-state index is -3.97. The van der Waals surface area contributed by atoms with E-state index in [1.54, 1.807) is 0 Å². The number of alkyl halides is 3. The van der Waals surface area contributed by atoms with E-state index in [0.717, 1.165) is 0 Å². The van der Waals surface area contributed by atoms with Crippen molar-refractivity contribution in [2.75, 3.05) is 14.1 Å². The Morgan fingerprint density at radius 1 is 1.18 bits per heavy atom. The van der Waals surface area contributed by atoms with E-state index in [1.165, 1.54) is 0 Å². The van der Waals surface area contributed by atoms with Crippen LogP contribution in [0.3, 0.4) is 0 Å². The van der Waals surface area contributed by atoms with Gasteiger partial charge in [0, 0.05) is 6.04 Å². The van der Waals surface area contributed by atoms with E-state index in [2.05, 4.69) is 0 Å². The molecular formula is C7H12F3N. The maximum atomic E-state index is 11.9. The van der Waals surface area contributed by atoms with E-state index in [9.17, 15) is 13.2 Å². The van der Waals surface area contributed by atoms with Gasteiger partial charge < -0.3 is 4.90 Å². The van der Waals surface area contributed by atoms with Crippen molar-refractivity contribution in [3.05, 3.63) is 0 Å². The van der Waals surface area contributed by atoms with Crippen molar-refractivity contribution < 1.29 is 13.2 Å². The molecule has 0 radical (unpaired) electrons. The van der Waals surface area contributed by atoms with Crippen LogP contribution in [0, 0.1) is 5.92 Å². The van der Waals surface area contributed by atoms with Crippen molar-refractivity contribution in [1.29, 1.82) is 0 Å². The van der Waals surface area contributed by atoms with Gasteiger partial charge in [-0.2, -0.15) is 13.2 Å². The standard InChI is InChI=1S/C7H12F3N/c1-11(2)6-3-5(4-6)7(8,9)10/h5-6H,3-4H2,1-2H3. The topological polar surface area (TPSA) is 3.24 Å². The zero-order valence-corrected chi connectivity index (χ0v) is 6.65. The molecule has 66 valence electrons. The fourth-order valence-electron chi connectivity index (χ4n) is 1.28. The van der Waals surface area contributed by atoms with E-state index >= 15 is 0 Å². The van der Waals surface area contributed by atoms with Crippen LogP contribution in [-0.4, -0.2) is 31.2 Å². The second-order valence-corrected chi connectivity index (χ2v) is 3.33. The summed E-state index contributed by atoms with van der Waals surface area (Å²) >= 11 is 0. The largest absolute Gasteiger partial charge is 0.391 e. The Hall–Kier alpha value is -0.250. The van der Waals surface area contributed by atoms with Gasteiger partial charge >= 0.3 is 6.18 Å². The van der Waals surface area contributed by atoms with Crippen LogP contribution in [0.15, 0.2) is 0 Å². The maximum absolute atomic E-state index is 11.9. The minimum absolute atomic E-state index is 0.140. The Kier molecular flexibility index (Phi) is 2.14. The summed E-state index contributed by atoms with van der Waals surface area (Å²) in [5.41, 5.74) is 0. The van der Waals surface area contributed by atoms with E-state index in [4.69, 9.17) is 0 Å². The number of hydrogen-bond acceptors (Lipinski definition) is 1. The summed E-state index contributed by atoms with van der Waals surface area (Å²) in [6.07, 6.45) is -3.42. The van der Waals surface area contributed by atoms with Gasteiger partial charge in [-0.05, 0) is 26.9 Å². The fourth-order valence-corrected chi connectivity index (χ4v) is 1.28. The predicted octanol–water partition coefficient (Wildman–Crippen LogP) is 1.89. The molecule has 0 aromatic rings. The Balaban J connectivity index is 2.30. The van der Waals surface area contributed by atoms with Crippen LogP contribution >= 0.6 is 0 Å². The van der Waals surface area contributed by atoms with Gasteiger partial charge in [0.05, 0.1) is 5.92 Å². The number of hydrogen-bond donors (Lipinski definition) is 0. The molecule has 11 heavy (non-hydrogen) atoms. The van der Waals surface area contributed by atoms with Crippen LogP contribution in [0.5, 0.6) is 0 Å². The van der Waals surface area contributed by atoms with Crippen LogP contribution < -0.4 is 0 Å². The molecule has 0 spiro atoms. The Labute approximate surface area is 64.2 Å². The highest BCUT2D eigenvalue weighted by Gasteiger charge is 2.48. The Morgan fingerprint density at radius 3 is 1.91 bits per heavy atom. The molecule has 0 aromatic heterocycles. The summed E-state index contributed by atoms with van der Waals surface area (Å²) < 4.78 is 35.8. The molecule has 1 aliphatic carbocycles. The zero-order chi connectivity index (χ0) is 8.65. The van der Waals surface area contributed by atoms with Gasteiger partial charge in [0.15, 0.2) is 0 Å². The summed E-state index contributed by atoms with van der Waals surface area (Å²) in [5.74, 6) is -1.05. The first-order valence-corrected chi connectivity index (χ1v) is 3.64. The fraction of sp³-hybridized carbons (Fsp3) is 1.00. The van der Waals surface area contributed by atoms with Crippen LogP contribution in [-0.2, 0) is 0 Å². The molecule has 0 amide bonds. The first kappa shape index (κ1) is 8.84. The first-order chi connectivity index (χ1) is 4.91. The van der Waals surface area contributed by atoms with Gasteiger partial charge in [0.25, 0.3) is 0 Å². The lowest BCUT2D eigenvalue weighted by Gasteiger charge is -2.40. The molecule has 0 atom stereocenters. The number of nitrogens with zero attached hydrogens (tertiary/aromatic N) is 1. The highest BCUT2D eigenvalue weighted by Crippen LogP contribution is 2.42. The molecule has 1 saturated carbocycles. The van der Waals surface area contributed by atoms with E-state index < -0.39 is 12.1 Å². The second kappa shape index (κ2) is 2.66. The average molecular weight is 167 g/mol. The van der Waals surface area contributed by atoms with Gasteiger partial charge in [-0.3, -0.25) is 0 Å². The van der Waals surface area contributed by atoms with Crippen molar-refractivity contribution in [2.24, 2.45) is 5.92 Å². The van der Waals surface area contributed by atoms with Crippen molar-refractivity contribution in [1.82, 2.24) is 4.90 Å². The van der Waals surface area contributed by atoms with Gasteiger partial charge in [0.1, 0.15) is 0 Å². The third-order valence-corrected chi connectivity index (χ3v) is 2.31. The molecule has 0 bridgehead atoms. The van der Waals surface area contributed by atoms with Crippen LogP contribution in [0.4, 0.5) is 13.2 Å². The van der Waals surface area contributed by atoms with E-state index in [1.807, 2.05) is 19.0 Å². The van der Waals surface area contributed by atoms with Gasteiger partial charge in [0.2, 0.25) is 0 Å². The smallest absolute Gasteiger partial charge is 0.306 e. The molecule has 0 heterocycles. The highest BCUT2D eigenvalue weighted by molar-refractivity contribution is 4.88. The molecular weight excluding hydrogens is 155 g/mol. The second-order valence-electron chi connectivity index (χ2n) is 3.33. The molecule has 0 N–H and O–H groups in total. The molecule has 1 fully saturated rings. The number of halogens is 3. The summed E-state index contributed by atoms with van der Waals surface area (Å²) in [5, 5.41) is 0. The first-order valence-electron chi connectivity index (χ1n) is 3.64. The normalized spacial score (nSPS) is 32.2. The van der Waals surface area contributed by atoms with E-state index in [-0.39, 0.29) is 18.9 Å². The summed E-state index contributed by atoms with van der Waals surface area (Å²) in [6.45, 7) is 0. The molecule has 1 rings (SSSR count). The van der Waals surface area contributed by atoms with Crippen LogP contribution in [0.2, 0.25) is 0 Å². The van der Waals surface area contributed by atoms with Crippen LogP contribution in [0.1, 0.15) is 12.8 Å². The van der Waals surface area contributed by atoms with Crippen molar-refractivity contribution in [2.45, 2.75) is 25.1 Å². The highest BCUT2D eigenvalue weighted by atomic mass is 19.4. The molecule has 4 heteroatoms. The molecule has 0 saturated heterocycles. The quantitative estimate of drug-likeness (QED) is 0.576. The monoisotopic (exact) mass is 167 g/mol. The molecule has 0 aromatic carbocycles. The van der Waals surface area contributed by atoms with Gasteiger partial charge in [-0.25, -0.2) is 0 Å². The SMILES string of the molecule is CN(C)C1CC(C(F)(F)F)C1. The zero-order valence-electron chi connectivity index (χ0n) is 6.65. The third-order valence-electron chi connectivity index (χ3n) is 2.31. The summed E-state index contributed by atoms with van der Waals surface area (Å²) in [4.78, 5) is 1.85. The minimum Gasteiger partial charge on any atom is -0.306 e. The number of rotatable bonds is 1. The Bertz CT molecular complexity index is 135. The molecule has 1 aliphatic rings. The van der Waals surface area contributed by atoms with Gasteiger partial charge in [-0.15, -0.1) is 0 Å². The maximum Gasteiger partial charge on any atom is 0.391 e. The van der Waals surface area contributed by atoms with Gasteiger partial charge in [-0.1, -0.05) is 0 Å². The molecule has 1 nitrogen and oxygen atoms in total. The van der Waals surface area contributed by atoms with Crippen molar-refractivity contribution in [3.63, 3.8) is 0 Å².